The number of fused-ring (bicyclic) bond motifs is 1. The van der Waals surface area contributed by atoms with Gasteiger partial charge in [0.1, 0.15) is 11.8 Å². The van der Waals surface area contributed by atoms with Crippen LogP contribution in [0.4, 0.5) is 0 Å². The first-order valence-electron chi connectivity index (χ1n) is 6.06. The average Bonchev–Trinajstić information content (AvgIpc) is 2.93. The Labute approximate surface area is 120 Å². The Bertz CT molecular complexity index is 830. The third-order valence-corrected chi connectivity index (χ3v) is 3.71. The number of nitrogens with zero attached hydrogens (tertiary/aromatic N) is 5. The van der Waals surface area contributed by atoms with E-state index in [9.17, 15) is 0 Å². The Balaban J connectivity index is 2.15. The van der Waals surface area contributed by atoms with Gasteiger partial charge in [-0.1, -0.05) is 0 Å². The highest BCUT2D eigenvalue weighted by Crippen LogP contribution is 2.21. The number of ether oxygens (including phenoxy) is 1. The van der Waals surface area contributed by atoms with Crippen LogP contribution in [0.5, 0.6) is 5.88 Å². The fourth-order valence-corrected chi connectivity index (χ4v) is 2.37. The number of aryl methyl sites for hydroxylation is 1. The highest BCUT2D eigenvalue weighted by atomic mass is 32.1. The lowest BCUT2D eigenvalue weighted by Crippen LogP contribution is -2.03. The van der Waals surface area contributed by atoms with Gasteiger partial charge in [-0.25, -0.2) is 4.98 Å². The zero-order valence-corrected chi connectivity index (χ0v) is 12.2. The van der Waals surface area contributed by atoms with Crippen molar-refractivity contribution in [1.82, 2.24) is 29.3 Å². The number of imidazole rings is 1. The predicted molar refractivity (Wildman–Crippen MR) is 76.3 cm³/mol. The molecule has 0 aliphatic carbocycles. The molecule has 20 heavy (non-hydrogen) atoms. The van der Waals surface area contributed by atoms with Crippen LogP contribution >= 0.6 is 12.2 Å². The highest BCUT2D eigenvalue weighted by molar-refractivity contribution is 7.71. The van der Waals surface area contributed by atoms with Gasteiger partial charge in [0.25, 0.3) is 0 Å². The van der Waals surface area contributed by atoms with Crippen molar-refractivity contribution in [2.24, 2.45) is 7.05 Å². The molecule has 0 spiro atoms. The molecule has 3 heterocycles. The third kappa shape index (κ3) is 1.88. The summed E-state index contributed by atoms with van der Waals surface area (Å²) >= 11 is 5.37. The van der Waals surface area contributed by atoms with Gasteiger partial charge in [0.15, 0.2) is 10.4 Å². The molecule has 7 nitrogen and oxygen atoms in total. The Morgan fingerprint density at radius 1 is 1.40 bits per heavy atom. The van der Waals surface area contributed by atoms with Gasteiger partial charge in [-0.3, -0.25) is 9.25 Å². The van der Waals surface area contributed by atoms with E-state index in [2.05, 4.69) is 20.1 Å². The second-order valence-electron chi connectivity index (χ2n) is 4.48. The van der Waals surface area contributed by atoms with E-state index in [1.807, 2.05) is 29.4 Å². The highest BCUT2D eigenvalue weighted by Gasteiger charge is 2.13. The first-order chi connectivity index (χ1) is 9.61. The van der Waals surface area contributed by atoms with Crippen molar-refractivity contribution in [1.29, 1.82) is 0 Å². The first-order valence-corrected chi connectivity index (χ1v) is 6.47. The molecule has 0 saturated carbocycles. The summed E-state index contributed by atoms with van der Waals surface area (Å²) in [5.74, 6) is 0.489. The largest absolute Gasteiger partial charge is 0.479 e. The third-order valence-electron chi connectivity index (χ3n) is 3.38. The summed E-state index contributed by atoms with van der Waals surface area (Å²) in [6.07, 6.45) is 3.31. The Morgan fingerprint density at radius 2 is 2.20 bits per heavy atom. The van der Waals surface area contributed by atoms with Gasteiger partial charge < -0.3 is 9.72 Å². The van der Waals surface area contributed by atoms with Gasteiger partial charge in [0.2, 0.25) is 5.88 Å². The van der Waals surface area contributed by atoms with Crippen LogP contribution < -0.4 is 4.74 Å². The van der Waals surface area contributed by atoms with Crippen LogP contribution in [0.15, 0.2) is 12.5 Å². The van der Waals surface area contributed by atoms with E-state index >= 15 is 0 Å². The molecule has 0 aliphatic heterocycles. The lowest BCUT2D eigenvalue weighted by molar-refractivity contribution is 0.401. The van der Waals surface area contributed by atoms with Gasteiger partial charge in [-0.2, -0.15) is 10.1 Å². The normalized spacial score (nSPS) is 11.2. The van der Waals surface area contributed by atoms with Crippen LogP contribution in [0.2, 0.25) is 0 Å². The molecule has 3 aromatic heterocycles. The van der Waals surface area contributed by atoms with Crippen LogP contribution in [0, 0.1) is 11.7 Å². The molecular weight excluding hydrogens is 276 g/mol. The molecule has 0 saturated heterocycles. The van der Waals surface area contributed by atoms with Gasteiger partial charge in [0.05, 0.1) is 19.9 Å². The summed E-state index contributed by atoms with van der Waals surface area (Å²) in [5, 5.41) is 4.24. The number of aromatic amines is 1. The van der Waals surface area contributed by atoms with E-state index in [-0.39, 0.29) is 0 Å². The van der Waals surface area contributed by atoms with Gasteiger partial charge >= 0.3 is 0 Å². The Hall–Kier alpha value is -2.22. The Kier molecular flexibility index (Phi) is 3.01. The quantitative estimate of drug-likeness (QED) is 0.741. The van der Waals surface area contributed by atoms with E-state index < -0.39 is 0 Å². The fourth-order valence-electron chi connectivity index (χ4n) is 2.12. The van der Waals surface area contributed by atoms with E-state index in [0.29, 0.717) is 22.7 Å². The molecule has 1 N–H and O–H groups in total. The maximum Gasteiger partial charge on any atom is 0.242 e. The molecule has 8 heteroatoms. The van der Waals surface area contributed by atoms with Crippen molar-refractivity contribution < 1.29 is 4.74 Å². The van der Waals surface area contributed by atoms with Crippen molar-refractivity contribution in [3.05, 3.63) is 28.6 Å². The summed E-state index contributed by atoms with van der Waals surface area (Å²) in [5.41, 5.74) is 3.64. The van der Waals surface area contributed by atoms with Crippen LogP contribution in [0.25, 0.3) is 11.2 Å². The molecule has 0 radical (unpaired) electrons. The Morgan fingerprint density at radius 3 is 2.85 bits per heavy atom. The van der Waals surface area contributed by atoms with Crippen LogP contribution in [0.1, 0.15) is 11.3 Å². The molecule has 3 aromatic rings. The molecule has 0 fully saturated rings. The summed E-state index contributed by atoms with van der Waals surface area (Å²) in [4.78, 5) is 11.5. The second-order valence-corrected chi connectivity index (χ2v) is 4.86. The number of hydrogen-bond acceptors (Lipinski definition) is 5. The molecule has 104 valence electrons. The van der Waals surface area contributed by atoms with Crippen molar-refractivity contribution in [2.45, 2.75) is 13.5 Å². The summed E-state index contributed by atoms with van der Waals surface area (Å²) in [6.45, 7) is 2.63. The first kappa shape index (κ1) is 12.8. The number of aromatic nitrogens is 6. The zero-order chi connectivity index (χ0) is 14.3. The van der Waals surface area contributed by atoms with Gasteiger partial charge in [-0.15, -0.1) is 0 Å². The number of methoxy groups -OCH3 is 1. The van der Waals surface area contributed by atoms with Crippen LogP contribution in [0.3, 0.4) is 0 Å². The number of hydrogen-bond donors (Lipinski definition) is 1. The molecular formula is C12H14N6OS. The maximum absolute atomic E-state index is 5.37. The number of nitrogens with one attached hydrogen (secondary N) is 1. The van der Waals surface area contributed by atoms with Gasteiger partial charge in [0, 0.05) is 18.3 Å². The summed E-state index contributed by atoms with van der Waals surface area (Å²) in [7, 11) is 3.49. The predicted octanol–water partition coefficient (Wildman–Crippen LogP) is 1.59. The number of H-pyrrole nitrogens is 1. The van der Waals surface area contributed by atoms with E-state index in [1.54, 1.807) is 7.11 Å². The van der Waals surface area contributed by atoms with E-state index in [1.165, 1.54) is 6.33 Å². The molecule has 0 aromatic carbocycles. The minimum atomic E-state index is 0.489. The molecule has 3 rings (SSSR count). The van der Waals surface area contributed by atoms with Crippen molar-refractivity contribution in [2.75, 3.05) is 7.11 Å². The lowest BCUT2D eigenvalue weighted by Gasteiger charge is -2.04. The zero-order valence-electron chi connectivity index (χ0n) is 11.4. The number of rotatable bonds is 3. The molecule has 0 amide bonds. The monoisotopic (exact) mass is 290 g/mol. The molecule has 0 aliphatic rings. The summed E-state index contributed by atoms with van der Waals surface area (Å²) < 4.78 is 9.55. The fraction of sp³-hybridized carbons (Fsp3) is 0.333. The van der Waals surface area contributed by atoms with Crippen LogP contribution in [-0.4, -0.2) is 36.4 Å². The van der Waals surface area contributed by atoms with Crippen LogP contribution in [-0.2, 0) is 13.6 Å². The van der Waals surface area contributed by atoms with E-state index in [4.69, 9.17) is 17.0 Å². The second kappa shape index (κ2) is 4.71. The average molecular weight is 290 g/mol. The van der Waals surface area contributed by atoms with Crippen molar-refractivity contribution in [3.8, 4) is 5.88 Å². The van der Waals surface area contributed by atoms with Crippen molar-refractivity contribution in [3.63, 3.8) is 0 Å². The van der Waals surface area contributed by atoms with E-state index in [0.717, 1.165) is 16.9 Å². The minimum Gasteiger partial charge on any atom is -0.479 e. The van der Waals surface area contributed by atoms with Gasteiger partial charge in [-0.05, 0) is 19.1 Å². The van der Waals surface area contributed by atoms with Crippen molar-refractivity contribution >= 4 is 23.4 Å². The smallest absolute Gasteiger partial charge is 0.242 e. The standard InChI is InChI=1S/C12H14N6OS/c1-7-8(4-15-17(7)2)5-18-10-9(16-12(18)20)11(19-3)14-6-13-10/h4,6H,5H2,1-3H3,(H,16,20). The lowest BCUT2D eigenvalue weighted by atomic mass is 10.2. The summed E-state index contributed by atoms with van der Waals surface area (Å²) in [6, 6.07) is 0. The molecule has 0 unspecified atom stereocenters. The molecule has 0 bridgehead atoms. The topological polar surface area (TPSA) is 73.6 Å². The SMILES string of the molecule is COc1ncnc2c1[nH]c(=S)n2Cc1cnn(C)c1C. The maximum atomic E-state index is 5.37. The molecule has 0 atom stereocenters. The minimum absolute atomic E-state index is 0.489.